The molecule has 12 heavy (non-hydrogen) atoms. The van der Waals surface area contributed by atoms with Crippen LogP contribution in [0.2, 0.25) is 0 Å². The highest BCUT2D eigenvalue weighted by Gasteiger charge is 2.16. The zero-order chi connectivity index (χ0) is 8.39. The Kier molecular flexibility index (Phi) is 2.35. The third-order valence-corrected chi connectivity index (χ3v) is 3.13. The summed E-state index contributed by atoms with van der Waals surface area (Å²) in [6.45, 7) is 0.710. The van der Waals surface area contributed by atoms with Crippen LogP contribution < -0.4 is 10.5 Å². The Morgan fingerprint density at radius 2 is 2.33 bits per heavy atom. The van der Waals surface area contributed by atoms with Crippen molar-refractivity contribution in [2.24, 2.45) is 5.73 Å². The summed E-state index contributed by atoms with van der Waals surface area (Å²) in [4.78, 5) is 1.34. The van der Waals surface area contributed by atoms with Gasteiger partial charge in [0.25, 0.3) is 0 Å². The van der Waals surface area contributed by atoms with E-state index in [2.05, 4.69) is 29.0 Å². The molecule has 1 aliphatic heterocycles. The van der Waals surface area contributed by atoms with Gasteiger partial charge in [0.2, 0.25) is 0 Å². The van der Waals surface area contributed by atoms with E-state index in [4.69, 9.17) is 5.73 Å². The molecule has 0 saturated carbocycles. The summed E-state index contributed by atoms with van der Waals surface area (Å²) in [5.41, 5.74) is 7.00. The molecule has 1 atom stereocenters. The molecule has 0 saturated heterocycles. The van der Waals surface area contributed by atoms with Gasteiger partial charge < -0.3 is 5.73 Å². The van der Waals surface area contributed by atoms with E-state index in [0.717, 1.165) is 6.42 Å². The fraction of sp³-hybridized carbons (Fsp3) is 0.333. The summed E-state index contributed by atoms with van der Waals surface area (Å²) in [5, 5.41) is 0. The second-order valence-electron chi connectivity index (χ2n) is 2.96. The largest absolute Gasteiger partial charge is 0.329 e. The molecule has 0 spiro atoms. The Labute approximate surface area is 76.7 Å². The van der Waals surface area contributed by atoms with Crippen LogP contribution in [0.15, 0.2) is 29.2 Å². The van der Waals surface area contributed by atoms with Crippen molar-refractivity contribution in [3.8, 4) is 0 Å². The molecule has 1 aliphatic rings. The zero-order valence-electron chi connectivity index (χ0n) is 6.79. The summed E-state index contributed by atoms with van der Waals surface area (Å²) < 4.78 is 3.32. The third kappa shape index (κ3) is 1.48. The van der Waals surface area contributed by atoms with E-state index in [1.54, 1.807) is 11.9 Å². The van der Waals surface area contributed by atoms with Crippen LogP contribution in [0.5, 0.6) is 0 Å². The maximum atomic E-state index is 5.58. The van der Waals surface area contributed by atoms with Crippen molar-refractivity contribution in [3.63, 3.8) is 0 Å². The van der Waals surface area contributed by atoms with Gasteiger partial charge >= 0.3 is 0 Å². The molecule has 3 N–H and O–H groups in total. The normalized spacial score (nSPS) is 21.9. The van der Waals surface area contributed by atoms with E-state index in [-0.39, 0.29) is 0 Å². The van der Waals surface area contributed by atoms with Gasteiger partial charge in [-0.05, 0) is 30.0 Å². The van der Waals surface area contributed by atoms with Crippen molar-refractivity contribution in [1.82, 2.24) is 4.72 Å². The van der Waals surface area contributed by atoms with E-state index in [1.165, 1.54) is 10.5 Å². The Bertz CT molecular complexity index is 275. The SMILES string of the molecule is NCC1Cc2ccccc2SN1. The van der Waals surface area contributed by atoms with Crippen molar-refractivity contribution in [3.05, 3.63) is 29.8 Å². The third-order valence-electron chi connectivity index (χ3n) is 2.06. The average Bonchev–Trinajstić information content (AvgIpc) is 2.17. The zero-order valence-corrected chi connectivity index (χ0v) is 7.60. The van der Waals surface area contributed by atoms with Gasteiger partial charge in [-0.3, -0.25) is 4.72 Å². The smallest absolute Gasteiger partial charge is 0.0338 e. The monoisotopic (exact) mass is 180 g/mol. The highest BCUT2D eigenvalue weighted by molar-refractivity contribution is 7.97. The van der Waals surface area contributed by atoms with E-state index >= 15 is 0 Å². The second-order valence-corrected chi connectivity index (χ2v) is 3.84. The van der Waals surface area contributed by atoms with Crippen molar-refractivity contribution in [2.45, 2.75) is 17.4 Å². The molecule has 1 unspecified atom stereocenters. The van der Waals surface area contributed by atoms with Gasteiger partial charge in [0.1, 0.15) is 0 Å². The number of nitrogens with two attached hydrogens (primary N) is 1. The first-order valence-corrected chi connectivity index (χ1v) is 4.92. The molecule has 1 heterocycles. The van der Waals surface area contributed by atoms with Crippen molar-refractivity contribution >= 4 is 11.9 Å². The molecule has 2 nitrogen and oxygen atoms in total. The highest BCUT2D eigenvalue weighted by atomic mass is 32.2. The molecule has 0 aliphatic carbocycles. The summed E-state index contributed by atoms with van der Waals surface area (Å²) in [5.74, 6) is 0. The minimum atomic E-state index is 0.435. The van der Waals surface area contributed by atoms with Crippen molar-refractivity contribution in [1.29, 1.82) is 0 Å². The van der Waals surface area contributed by atoms with Gasteiger partial charge in [0.05, 0.1) is 0 Å². The predicted molar refractivity (Wildman–Crippen MR) is 52.0 cm³/mol. The first-order valence-electron chi connectivity index (χ1n) is 4.10. The second kappa shape index (κ2) is 3.47. The van der Waals surface area contributed by atoms with Crippen molar-refractivity contribution in [2.75, 3.05) is 6.54 Å². The van der Waals surface area contributed by atoms with E-state index in [1.807, 2.05) is 0 Å². The predicted octanol–water partition coefficient (Wildman–Crippen LogP) is 1.17. The molecular formula is C9H12N2S. The highest BCUT2D eigenvalue weighted by Crippen LogP contribution is 2.26. The van der Waals surface area contributed by atoms with Crippen LogP contribution in [0.25, 0.3) is 0 Å². The van der Waals surface area contributed by atoms with Crippen LogP contribution in [0, 0.1) is 0 Å². The van der Waals surface area contributed by atoms with Crippen LogP contribution >= 0.6 is 11.9 Å². The molecular weight excluding hydrogens is 168 g/mol. The molecule has 0 amide bonds. The lowest BCUT2D eigenvalue weighted by Crippen LogP contribution is -2.36. The van der Waals surface area contributed by atoms with Gasteiger partial charge in [-0.1, -0.05) is 18.2 Å². The summed E-state index contributed by atoms with van der Waals surface area (Å²) in [7, 11) is 0. The van der Waals surface area contributed by atoms with Crippen LogP contribution in [0.3, 0.4) is 0 Å². The quantitative estimate of drug-likeness (QED) is 0.637. The number of rotatable bonds is 1. The molecule has 3 heteroatoms. The summed E-state index contributed by atoms with van der Waals surface area (Å²) >= 11 is 1.69. The lowest BCUT2D eigenvalue weighted by molar-refractivity contribution is 0.620. The maximum absolute atomic E-state index is 5.58. The molecule has 1 aromatic carbocycles. The van der Waals surface area contributed by atoms with Crippen molar-refractivity contribution < 1.29 is 0 Å². The number of fused-ring (bicyclic) bond motifs is 1. The number of nitrogens with one attached hydrogen (secondary N) is 1. The standard InChI is InChI=1S/C9H12N2S/c10-6-8-5-7-3-1-2-4-9(7)12-11-8/h1-4,8,11H,5-6,10H2. The van der Waals surface area contributed by atoms with Gasteiger partial charge in [-0.15, -0.1) is 0 Å². The first kappa shape index (κ1) is 8.10. The number of hydrogen-bond donors (Lipinski definition) is 2. The molecule has 64 valence electrons. The van der Waals surface area contributed by atoms with Gasteiger partial charge in [0, 0.05) is 17.5 Å². The van der Waals surface area contributed by atoms with Gasteiger partial charge in [-0.25, -0.2) is 0 Å². The average molecular weight is 180 g/mol. The minimum Gasteiger partial charge on any atom is -0.329 e. The Balaban J connectivity index is 2.23. The van der Waals surface area contributed by atoms with Crippen LogP contribution in [0.4, 0.5) is 0 Å². The minimum absolute atomic E-state index is 0.435. The molecule has 1 aromatic rings. The Morgan fingerprint density at radius 1 is 1.50 bits per heavy atom. The molecule has 0 bridgehead atoms. The lowest BCUT2D eigenvalue weighted by Gasteiger charge is -2.23. The Hall–Kier alpha value is -0.510. The van der Waals surface area contributed by atoms with Crippen LogP contribution in [-0.2, 0) is 6.42 Å². The Morgan fingerprint density at radius 3 is 3.17 bits per heavy atom. The van der Waals surface area contributed by atoms with E-state index in [0.29, 0.717) is 12.6 Å². The van der Waals surface area contributed by atoms with Crippen LogP contribution in [0.1, 0.15) is 5.56 Å². The maximum Gasteiger partial charge on any atom is 0.0338 e. The fourth-order valence-electron chi connectivity index (χ4n) is 1.36. The van der Waals surface area contributed by atoms with Crippen LogP contribution in [-0.4, -0.2) is 12.6 Å². The molecule has 0 aromatic heterocycles. The number of hydrogen-bond acceptors (Lipinski definition) is 3. The summed E-state index contributed by atoms with van der Waals surface area (Å²) in [6.07, 6.45) is 1.06. The van der Waals surface area contributed by atoms with E-state index in [9.17, 15) is 0 Å². The van der Waals surface area contributed by atoms with Gasteiger partial charge in [-0.2, -0.15) is 0 Å². The molecule has 2 rings (SSSR count). The number of benzene rings is 1. The topological polar surface area (TPSA) is 38.0 Å². The molecule has 0 radical (unpaired) electrons. The van der Waals surface area contributed by atoms with Gasteiger partial charge in [0.15, 0.2) is 0 Å². The molecule has 0 fully saturated rings. The lowest BCUT2D eigenvalue weighted by atomic mass is 10.1. The fourth-order valence-corrected chi connectivity index (χ4v) is 2.26. The van der Waals surface area contributed by atoms with E-state index < -0.39 is 0 Å². The first-order chi connectivity index (χ1) is 5.90. The summed E-state index contributed by atoms with van der Waals surface area (Å²) in [6, 6.07) is 8.89.